The molecule has 1 aliphatic heterocycles. The highest BCUT2D eigenvalue weighted by Gasteiger charge is 2.18. The molecule has 1 aromatic heterocycles. The zero-order chi connectivity index (χ0) is 10.3. The van der Waals surface area contributed by atoms with Crippen LogP contribution in [0, 0.1) is 13.8 Å². The minimum atomic E-state index is -3.61. The molecule has 14 heavy (non-hydrogen) atoms. The van der Waals surface area contributed by atoms with Crippen LogP contribution in [0.4, 0.5) is 5.82 Å². The molecule has 7 heteroatoms. The number of hydrogen-bond donors (Lipinski definition) is 1. The normalized spacial score (nSPS) is 17.3. The number of rotatable bonds is 0. The molecule has 0 aromatic carbocycles. The predicted octanol–water partition coefficient (Wildman–Crippen LogP) is 0.183. The molecule has 2 heterocycles. The van der Waals surface area contributed by atoms with Crippen LogP contribution < -0.4 is 4.72 Å². The van der Waals surface area contributed by atoms with Gasteiger partial charge in [-0.15, -0.1) is 0 Å². The molecule has 0 radical (unpaired) electrons. The van der Waals surface area contributed by atoms with Crippen LogP contribution >= 0.6 is 0 Å². The summed E-state index contributed by atoms with van der Waals surface area (Å²) in [4.78, 5) is 8.20. The molecule has 0 aliphatic carbocycles. The van der Waals surface area contributed by atoms with Crippen molar-refractivity contribution in [3.63, 3.8) is 0 Å². The maximum atomic E-state index is 11.0. The molecule has 0 saturated heterocycles. The fourth-order valence-corrected chi connectivity index (χ4v) is 1.74. The summed E-state index contributed by atoms with van der Waals surface area (Å²) in [7, 11) is -3.61. The Labute approximate surface area is 81.3 Å². The van der Waals surface area contributed by atoms with Crippen LogP contribution in [0.15, 0.2) is 4.40 Å². The van der Waals surface area contributed by atoms with Crippen LogP contribution in [-0.2, 0) is 10.2 Å². The van der Waals surface area contributed by atoms with Gasteiger partial charge in [0.1, 0.15) is 5.69 Å². The molecular formula is C7H8N4O2S. The highest BCUT2D eigenvalue weighted by molar-refractivity contribution is 7.91. The van der Waals surface area contributed by atoms with E-state index in [-0.39, 0.29) is 5.82 Å². The largest absolute Gasteiger partial charge is 0.343 e. The van der Waals surface area contributed by atoms with E-state index in [1.54, 1.807) is 13.8 Å². The van der Waals surface area contributed by atoms with Crippen molar-refractivity contribution >= 4 is 22.2 Å². The van der Waals surface area contributed by atoms with E-state index in [9.17, 15) is 8.42 Å². The van der Waals surface area contributed by atoms with Crippen LogP contribution in [0.1, 0.15) is 17.1 Å². The van der Waals surface area contributed by atoms with Gasteiger partial charge in [-0.25, -0.2) is 14.7 Å². The van der Waals surface area contributed by atoms with Crippen molar-refractivity contribution in [2.24, 2.45) is 4.40 Å². The summed E-state index contributed by atoms with van der Waals surface area (Å²) in [5.41, 5.74) is 1.90. The van der Waals surface area contributed by atoms with E-state index < -0.39 is 10.2 Å². The number of nitrogens with zero attached hydrogens (tertiary/aromatic N) is 3. The lowest BCUT2D eigenvalue weighted by molar-refractivity contribution is 0.602. The molecule has 0 saturated carbocycles. The second-order valence-corrected chi connectivity index (χ2v) is 4.30. The molecule has 0 unspecified atom stereocenters. The summed E-state index contributed by atoms with van der Waals surface area (Å²) < 4.78 is 27.6. The van der Waals surface area contributed by atoms with Gasteiger partial charge in [-0.05, 0) is 13.8 Å². The maximum absolute atomic E-state index is 11.0. The highest BCUT2D eigenvalue weighted by Crippen LogP contribution is 2.16. The van der Waals surface area contributed by atoms with Gasteiger partial charge < -0.3 is 0 Å². The molecule has 6 nitrogen and oxygen atoms in total. The lowest BCUT2D eigenvalue weighted by atomic mass is 10.3. The van der Waals surface area contributed by atoms with E-state index in [1.807, 2.05) is 0 Å². The number of nitrogens with one attached hydrogen (secondary N) is 1. The van der Waals surface area contributed by atoms with Crippen LogP contribution in [0.2, 0.25) is 0 Å². The third-order valence-corrected chi connectivity index (χ3v) is 2.71. The molecule has 0 atom stereocenters. The highest BCUT2D eigenvalue weighted by atomic mass is 32.2. The van der Waals surface area contributed by atoms with E-state index in [2.05, 4.69) is 19.1 Å². The first-order chi connectivity index (χ1) is 6.48. The van der Waals surface area contributed by atoms with Crippen molar-refractivity contribution in [2.75, 3.05) is 4.72 Å². The monoisotopic (exact) mass is 212 g/mol. The van der Waals surface area contributed by atoms with Crippen molar-refractivity contribution in [1.29, 1.82) is 0 Å². The van der Waals surface area contributed by atoms with Gasteiger partial charge in [0.05, 0.1) is 17.6 Å². The number of fused-ring (bicyclic) bond motifs is 1. The van der Waals surface area contributed by atoms with Crippen LogP contribution in [0.3, 0.4) is 0 Å². The molecule has 1 aromatic rings. The van der Waals surface area contributed by atoms with Crippen LogP contribution in [-0.4, -0.2) is 24.6 Å². The Kier molecular flexibility index (Phi) is 1.78. The second kappa shape index (κ2) is 2.74. The van der Waals surface area contributed by atoms with Gasteiger partial charge in [-0.2, -0.15) is 12.8 Å². The molecule has 74 valence electrons. The molecule has 1 N–H and O–H groups in total. The fourth-order valence-electron chi connectivity index (χ4n) is 1.05. The van der Waals surface area contributed by atoms with Crippen molar-refractivity contribution in [3.05, 3.63) is 17.1 Å². The van der Waals surface area contributed by atoms with E-state index in [1.165, 1.54) is 6.21 Å². The van der Waals surface area contributed by atoms with E-state index in [4.69, 9.17) is 0 Å². The first kappa shape index (κ1) is 9.07. The minimum Gasteiger partial charge on any atom is -0.247 e. The summed E-state index contributed by atoms with van der Waals surface area (Å²) in [5, 5.41) is 0. The van der Waals surface area contributed by atoms with Gasteiger partial charge in [0.2, 0.25) is 0 Å². The average Bonchev–Trinajstić information content (AvgIpc) is 2.07. The van der Waals surface area contributed by atoms with E-state index in [0.29, 0.717) is 11.4 Å². The molecular weight excluding hydrogens is 204 g/mol. The van der Waals surface area contributed by atoms with Gasteiger partial charge in [-0.3, -0.25) is 0 Å². The molecule has 2 rings (SSSR count). The number of anilines is 1. The summed E-state index contributed by atoms with van der Waals surface area (Å²) >= 11 is 0. The third-order valence-electron chi connectivity index (χ3n) is 1.87. The fraction of sp³-hybridized carbons (Fsp3) is 0.286. The number of aryl methyl sites for hydroxylation is 2. The van der Waals surface area contributed by atoms with Crippen LogP contribution in [0.5, 0.6) is 0 Å². The lowest BCUT2D eigenvalue weighted by Gasteiger charge is -2.11. The summed E-state index contributed by atoms with van der Waals surface area (Å²) in [6.45, 7) is 3.57. The number of hydrogen-bond acceptors (Lipinski definition) is 4. The summed E-state index contributed by atoms with van der Waals surface area (Å²) in [5.74, 6) is 0.239. The zero-order valence-electron chi connectivity index (χ0n) is 7.64. The van der Waals surface area contributed by atoms with Crippen molar-refractivity contribution in [2.45, 2.75) is 13.8 Å². The molecule has 0 bridgehead atoms. The smallest absolute Gasteiger partial charge is 0.247 e. The van der Waals surface area contributed by atoms with Gasteiger partial charge in [0, 0.05) is 0 Å². The Hall–Kier alpha value is -1.50. The van der Waals surface area contributed by atoms with E-state index in [0.717, 1.165) is 5.69 Å². The average molecular weight is 212 g/mol. The van der Waals surface area contributed by atoms with Gasteiger partial charge >= 0.3 is 10.2 Å². The minimum absolute atomic E-state index is 0.239. The van der Waals surface area contributed by atoms with Crippen molar-refractivity contribution < 1.29 is 8.42 Å². The Morgan fingerprint density at radius 1 is 1.21 bits per heavy atom. The van der Waals surface area contributed by atoms with Gasteiger partial charge in [0.25, 0.3) is 0 Å². The van der Waals surface area contributed by atoms with Crippen molar-refractivity contribution in [1.82, 2.24) is 9.97 Å². The first-order valence-electron chi connectivity index (χ1n) is 3.91. The first-order valence-corrected chi connectivity index (χ1v) is 5.35. The number of aromatic nitrogens is 2. The van der Waals surface area contributed by atoms with Crippen LogP contribution in [0.25, 0.3) is 0 Å². The predicted molar refractivity (Wildman–Crippen MR) is 51.6 cm³/mol. The zero-order valence-corrected chi connectivity index (χ0v) is 8.46. The third kappa shape index (κ3) is 1.46. The van der Waals surface area contributed by atoms with Crippen molar-refractivity contribution in [3.8, 4) is 0 Å². The Morgan fingerprint density at radius 2 is 1.86 bits per heavy atom. The molecule has 0 fully saturated rings. The Morgan fingerprint density at radius 3 is 2.57 bits per heavy atom. The molecule has 0 amide bonds. The maximum Gasteiger partial charge on any atom is 0.343 e. The standard InChI is InChI=1S/C7H8N4O2S/c1-4-5(2)10-7-6(9-4)3-8-14(12,13)11-7/h3H,1-2H3,(H,10,11). The topological polar surface area (TPSA) is 84.3 Å². The summed E-state index contributed by atoms with van der Waals surface area (Å²) in [6, 6.07) is 0. The Balaban J connectivity index is 2.63. The van der Waals surface area contributed by atoms with Gasteiger partial charge in [-0.1, -0.05) is 0 Å². The van der Waals surface area contributed by atoms with E-state index >= 15 is 0 Å². The quantitative estimate of drug-likeness (QED) is 0.665. The SMILES string of the molecule is Cc1nc2c(nc1C)NS(=O)(=O)N=C2. The molecule has 1 aliphatic rings. The second-order valence-electron chi connectivity index (χ2n) is 2.94. The molecule has 0 spiro atoms. The lowest BCUT2D eigenvalue weighted by Crippen LogP contribution is -2.18. The summed E-state index contributed by atoms with van der Waals surface area (Å²) in [6.07, 6.45) is 1.20. The van der Waals surface area contributed by atoms with Gasteiger partial charge in [0.15, 0.2) is 5.82 Å². The Bertz CT molecular complexity index is 521.